The molecule has 5 rings (SSSR count). The molecule has 1 aliphatic carbocycles. The summed E-state index contributed by atoms with van der Waals surface area (Å²) in [5.41, 5.74) is 3.39. The number of cyclic esters (lactones) is 1. The van der Waals surface area contributed by atoms with Crippen molar-refractivity contribution in [1.29, 1.82) is 0 Å². The second kappa shape index (κ2) is 6.23. The minimum Gasteiger partial charge on any atom is -0.454 e. The van der Waals surface area contributed by atoms with E-state index in [1.165, 1.54) is 11.1 Å². The molecular weight excluding hydrogens is 354 g/mol. The van der Waals surface area contributed by atoms with Crippen molar-refractivity contribution in [1.82, 2.24) is 0 Å². The van der Waals surface area contributed by atoms with Crippen LogP contribution in [0.4, 0.5) is 0 Å². The topological polar surface area (TPSA) is 57.1 Å². The number of fused-ring (bicyclic) bond motifs is 1. The molecule has 0 aromatic heterocycles. The number of esters is 1. The molecule has 0 N–H and O–H groups in total. The summed E-state index contributed by atoms with van der Waals surface area (Å²) >= 11 is 0. The van der Waals surface area contributed by atoms with Gasteiger partial charge in [0.1, 0.15) is 0 Å². The van der Waals surface area contributed by atoms with Gasteiger partial charge in [-0.2, -0.15) is 0 Å². The molecule has 0 radical (unpaired) electrons. The Hall–Kier alpha value is -3.08. The first-order valence-electron chi connectivity index (χ1n) is 9.49. The SMILES string of the molecule is CC1=C(C)C[C@@]2(N=C(c3ccccc3)OC2=O)[C@@H](c2ccc3c(c2)OCO3)C1. The molecular formula is C23H21NO4. The number of carbonyl (C=O) groups is 1. The molecule has 0 fully saturated rings. The number of carbonyl (C=O) groups excluding carboxylic acids is 1. The summed E-state index contributed by atoms with van der Waals surface area (Å²) in [5, 5.41) is 0. The third-order valence-corrected chi connectivity index (χ3v) is 6.01. The Bertz CT molecular complexity index is 1020. The zero-order valence-electron chi connectivity index (χ0n) is 15.9. The highest BCUT2D eigenvalue weighted by atomic mass is 16.7. The molecule has 3 aliphatic rings. The predicted octanol–water partition coefficient (Wildman–Crippen LogP) is 4.37. The first kappa shape index (κ1) is 17.0. The van der Waals surface area contributed by atoms with Crippen LogP contribution in [0.5, 0.6) is 11.5 Å². The standard InChI is InChI=1S/C23H21NO4/c1-14-10-18(17-8-9-19-20(11-17)27-13-26-19)23(12-15(14)2)22(25)28-21(24-23)16-6-4-3-5-7-16/h3-9,11,18H,10,12-13H2,1-2H3/t18-,23-/m1/s1. The lowest BCUT2D eigenvalue weighted by atomic mass is 9.68. The van der Waals surface area contributed by atoms with Crippen molar-refractivity contribution in [3.05, 3.63) is 70.8 Å². The van der Waals surface area contributed by atoms with Crippen LogP contribution in [0.1, 0.15) is 43.7 Å². The van der Waals surface area contributed by atoms with Crippen molar-refractivity contribution in [2.75, 3.05) is 6.79 Å². The smallest absolute Gasteiger partial charge is 0.341 e. The first-order chi connectivity index (χ1) is 13.6. The van der Waals surface area contributed by atoms with Crippen LogP contribution in [-0.4, -0.2) is 24.2 Å². The van der Waals surface area contributed by atoms with Crippen molar-refractivity contribution >= 4 is 11.9 Å². The first-order valence-corrected chi connectivity index (χ1v) is 9.49. The zero-order chi connectivity index (χ0) is 19.3. The van der Waals surface area contributed by atoms with Crippen LogP contribution in [0.3, 0.4) is 0 Å². The fourth-order valence-electron chi connectivity index (χ4n) is 4.31. The van der Waals surface area contributed by atoms with E-state index < -0.39 is 5.54 Å². The average Bonchev–Trinajstić information content (AvgIpc) is 3.30. The lowest BCUT2D eigenvalue weighted by Crippen LogP contribution is -2.43. The molecule has 0 unspecified atom stereocenters. The summed E-state index contributed by atoms with van der Waals surface area (Å²) in [6.45, 7) is 4.44. The van der Waals surface area contributed by atoms with E-state index >= 15 is 0 Å². The monoisotopic (exact) mass is 375 g/mol. The highest BCUT2D eigenvalue weighted by molar-refractivity contribution is 6.08. The van der Waals surface area contributed by atoms with Gasteiger partial charge in [0.05, 0.1) is 0 Å². The Morgan fingerprint density at radius 3 is 2.61 bits per heavy atom. The molecule has 2 aromatic rings. The van der Waals surface area contributed by atoms with Crippen LogP contribution < -0.4 is 9.47 Å². The summed E-state index contributed by atoms with van der Waals surface area (Å²) in [6, 6.07) is 15.5. The number of allylic oxidation sites excluding steroid dienone is 1. The van der Waals surface area contributed by atoms with Gasteiger partial charge in [-0.05, 0) is 50.1 Å². The van der Waals surface area contributed by atoms with Gasteiger partial charge in [0.25, 0.3) is 0 Å². The molecule has 5 heteroatoms. The zero-order valence-corrected chi connectivity index (χ0v) is 15.9. The summed E-state index contributed by atoms with van der Waals surface area (Å²) in [6.07, 6.45) is 1.32. The molecule has 0 saturated heterocycles. The molecule has 1 spiro atoms. The molecule has 2 heterocycles. The van der Waals surface area contributed by atoms with Gasteiger partial charge in [-0.1, -0.05) is 35.4 Å². The van der Waals surface area contributed by atoms with E-state index in [2.05, 4.69) is 13.8 Å². The van der Waals surface area contributed by atoms with Crippen molar-refractivity contribution in [3.63, 3.8) is 0 Å². The predicted molar refractivity (Wildman–Crippen MR) is 105 cm³/mol. The van der Waals surface area contributed by atoms with E-state index in [1.54, 1.807) is 0 Å². The molecule has 5 nitrogen and oxygen atoms in total. The van der Waals surface area contributed by atoms with E-state index in [9.17, 15) is 4.79 Å². The molecule has 2 aliphatic heterocycles. The quantitative estimate of drug-likeness (QED) is 0.578. The Morgan fingerprint density at radius 1 is 1.00 bits per heavy atom. The van der Waals surface area contributed by atoms with Crippen LogP contribution in [0.15, 0.2) is 64.7 Å². The Morgan fingerprint density at radius 2 is 1.79 bits per heavy atom. The maximum Gasteiger partial charge on any atom is 0.341 e. The Balaban J connectivity index is 1.63. The van der Waals surface area contributed by atoms with Gasteiger partial charge in [-0.25, -0.2) is 9.79 Å². The van der Waals surface area contributed by atoms with E-state index in [0.717, 1.165) is 29.0 Å². The number of ether oxygens (including phenoxy) is 3. The van der Waals surface area contributed by atoms with Crippen molar-refractivity contribution in [2.24, 2.45) is 4.99 Å². The summed E-state index contributed by atoms with van der Waals surface area (Å²) in [7, 11) is 0. The lowest BCUT2D eigenvalue weighted by molar-refractivity contribution is -0.140. The fourth-order valence-corrected chi connectivity index (χ4v) is 4.31. The van der Waals surface area contributed by atoms with Crippen molar-refractivity contribution in [3.8, 4) is 11.5 Å². The van der Waals surface area contributed by atoms with Gasteiger partial charge in [0, 0.05) is 17.9 Å². The minimum atomic E-state index is -0.942. The van der Waals surface area contributed by atoms with Gasteiger partial charge >= 0.3 is 5.97 Å². The number of nitrogens with zero attached hydrogens (tertiary/aromatic N) is 1. The van der Waals surface area contributed by atoms with Crippen LogP contribution in [0, 0.1) is 0 Å². The van der Waals surface area contributed by atoms with Gasteiger partial charge in [0.2, 0.25) is 12.7 Å². The largest absolute Gasteiger partial charge is 0.454 e. The maximum atomic E-state index is 13.2. The van der Waals surface area contributed by atoms with Gasteiger partial charge in [-0.15, -0.1) is 0 Å². The maximum absolute atomic E-state index is 13.2. The number of hydrogen-bond acceptors (Lipinski definition) is 5. The van der Waals surface area contributed by atoms with Crippen LogP contribution in [0.2, 0.25) is 0 Å². The number of benzene rings is 2. The molecule has 142 valence electrons. The molecule has 0 saturated carbocycles. The molecule has 2 aromatic carbocycles. The van der Waals surface area contributed by atoms with E-state index in [-0.39, 0.29) is 18.7 Å². The second-order valence-corrected chi connectivity index (χ2v) is 7.70. The number of hydrogen-bond donors (Lipinski definition) is 0. The number of aliphatic imine (C=N–C) groups is 1. The van der Waals surface area contributed by atoms with Crippen molar-refractivity contribution < 1.29 is 19.0 Å². The Labute approximate surface area is 163 Å². The van der Waals surface area contributed by atoms with Gasteiger partial charge < -0.3 is 14.2 Å². The second-order valence-electron chi connectivity index (χ2n) is 7.70. The number of rotatable bonds is 2. The molecule has 28 heavy (non-hydrogen) atoms. The molecule has 2 atom stereocenters. The highest BCUT2D eigenvalue weighted by Crippen LogP contribution is 2.50. The fraction of sp³-hybridized carbons (Fsp3) is 0.304. The third-order valence-electron chi connectivity index (χ3n) is 6.01. The van der Waals surface area contributed by atoms with Gasteiger partial charge in [-0.3, -0.25) is 0 Å². The van der Waals surface area contributed by atoms with Crippen molar-refractivity contribution in [2.45, 2.75) is 38.1 Å². The van der Waals surface area contributed by atoms with E-state index in [1.807, 2.05) is 48.5 Å². The van der Waals surface area contributed by atoms with E-state index in [0.29, 0.717) is 12.3 Å². The van der Waals surface area contributed by atoms with Gasteiger partial charge in [0.15, 0.2) is 17.0 Å². The normalized spacial score (nSPS) is 25.9. The third kappa shape index (κ3) is 2.53. The molecule has 0 bridgehead atoms. The minimum absolute atomic E-state index is 0.112. The van der Waals surface area contributed by atoms with E-state index in [4.69, 9.17) is 19.2 Å². The molecule has 0 amide bonds. The highest BCUT2D eigenvalue weighted by Gasteiger charge is 2.54. The summed E-state index contributed by atoms with van der Waals surface area (Å²) < 4.78 is 16.7. The van der Waals surface area contributed by atoms with Crippen LogP contribution in [-0.2, 0) is 9.53 Å². The Kier molecular flexibility index (Phi) is 3.79. The van der Waals surface area contributed by atoms with Crippen LogP contribution >= 0.6 is 0 Å². The summed E-state index contributed by atoms with van der Waals surface area (Å²) in [4.78, 5) is 18.1. The average molecular weight is 375 g/mol. The lowest BCUT2D eigenvalue weighted by Gasteiger charge is -2.37. The van der Waals surface area contributed by atoms with Crippen LogP contribution in [0.25, 0.3) is 0 Å². The summed E-state index contributed by atoms with van der Waals surface area (Å²) in [5.74, 6) is 1.47.